The van der Waals surface area contributed by atoms with Crippen molar-refractivity contribution in [2.45, 2.75) is 6.23 Å². The molecule has 2 aromatic carbocycles. The topological polar surface area (TPSA) is 105 Å². The molecule has 0 saturated heterocycles. The van der Waals surface area contributed by atoms with E-state index in [4.69, 9.17) is 15.2 Å². The number of hydrogen-bond acceptors (Lipinski definition) is 6. The van der Waals surface area contributed by atoms with E-state index in [0.29, 0.717) is 5.56 Å². The standard InChI is InChI=1S/C14H12N2O5/c15-13(10-4-2-1-3-5-10)21-14(17)20-12-8-6-11(7-9-12)16(18)19/h1-9,13H,15H2. The zero-order valence-electron chi connectivity index (χ0n) is 10.8. The van der Waals surface area contributed by atoms with Crippen molar-refractivity contribution in [1.29, 1.82) is 0 Å². The van der Waals surface area contributed by atoms with Gasteiger partial charge >= 0.3 is 6.16 Å². The smallest absolute Gasteiger partial charge is 0.411 e. The summed E-state index contributed by atoms with van der Waals surface area (Å²) in [6, 6.07) is 13.8. The van der Waals surface area contributed by atoms with Gasteiger partial charge in [-0.05, 0) is 12.1 Å². The summed E-state index contributed by atoms with van der Waals surface area (Å²) in [5, 5.41) is 10.5. The maximum Gasteiger partial charge on any atom is 0.515 e. The van der Waals surface area contributed by atoms with Gasteiger partial charge in [-0.2, -0.15) is 0 Å². The number of nitrogens with two attached hydrogens (primary N) is 1. The minimum Gasteiger partial charge on any atom is -0.411 e. The fraction of sp³-hybridized carbons (Fsp3) is 0.0714. The predicted molar refractivity (Wildman–Crippen MR) is 73.6 cm³/mol. The van der Waals surface area contributed by atoms with Gasteiger partial charge in [0.1, 0.15) is 5.75 Å². The Balaban J connectivity index is 1.94. The fourth-order valence-corrected chi connectivity index (χ4v) is 1.57. The normalized spacial score (nSPS) is 11.5. The van der Waals surface area contributed by atoms with Crippen LogP contribution in [-0.4, -0.2) is 11.1 Å². The minimum absolute atomic E-state index is 0.100. The number of nitrogens with zero attached hydrogens (tertiary/aromatic N) is 1. The molecule has 0 heterocycles. The molecule has 21 heavy (non-hydrogen) atoms. The lowest BCUT2D eigenvalue weighted by atomic mass is 10.2. The maximum atomic E-state index is 11.6. The Bertz CT molecular complexity index is 628. The van der Waals surface area contributed by atoms with Gasteiger partial charge in [-0.15, -0.1) is 0 Å². The monoisotopic (exact) mass is 288 g/mol. The molecule has 0 aliphatic heterocycles. The summed E-state index contributed by atoms with van der Waals surface area (Å²) in [4.78, 5) is 21.5. The van der Waals surface area contributed by atoms with E-state index in [0.717, 1.165) is 0 Å². The number of nitro groups is 1. The first-order chi connectivity index (χ1) is 10.1. The number of non-ortho nitro benzene ring substituents is 1. The summed E-state index contributed by atoms with van der Waals surface area (Å²) in [5.74, 6) is 0.130. The third kappa shape index (κ3) is 4.02. The summed E-state index contributed by atoms with van der Waals surface area (Å²) >= 11 is 0. The number of carbonyl (C=O) groups is 1. The van der Waals surface area contributed by atoms with Gasteiger partial charge in [-0.3, -0.25) is 15.8 Å². The second-order valence-corrected chi connectivity index (χ2v) is 4.05. The van der Waals surface area contributed by atoms with Crippen molar-refractivity contribution in [3.63, 3.8) is 0 Å². The Morgan fingerprint density at radius 3 is 2.29 bits per heavy atom. The Hall–Kier alpha value is -2.93. The maximum absolute atomic E-state index is 11.6. The van der Waals surface area contributed by atoms with Gasteiger partial charge in [-0.1, -0.05) is 30.3 Å². The molecule has 7 heteroatoms. The summed E-state index contributed by atoms with van der Waals surface area (Å²) in [6.45, 7) is 0. The molecule has 0 aromatic heterocycles. The number of carbonyl (C=O) groups excluding carboxylic acids is 1. The third-order valence-corrected chi connectivity index (χ3v) is 2.60. The molecule has 108 valence electrons. The number of rotatable bonds is 4. The Labute approximate surface area is 120 Å². The van der Waals surface area contributed by atoms with E-state index < -0.39 is 17.3 Å². The molecule has 0 aliphatic carbocycles. The van der Waals surface area contributed by atoms with Gasteiger partial charge in [0.25, 0.3) is 5.69 Å². The van der Waals surface area contributed by atoms with E-state index in [9.17, 15) is 14.9 Å². The molecular formula is C14H12N2O5. The highest BCUT2D eigenvalue weighted by Gasteiger charge is 2.14. The van der Waals surface area contributed by atoms with E-state index >= 15 is 0 Å². The highest BCUT2D eigenvalue weighted by Crippen LogP contribution is 2.19. The van der Waals surface area contributed by atoms with Crippen molar-refractivity contribution in [1.82, 2.24) is 0 Å². The summed E-state index contributed by atoms with van der Waals surface area (Å²) in [7, 11) is 0. The SMILES string of the molecule is NC(OC(=O)Oc1ccc([N+](=O)[O-])cc1)c1ccccc1. The third-order valence-electron chi connectivity index (χ3n) is 2.60. The number of benzene rings is 2. The van der Waals surface area contributed by atoms with Gasteiger partial charge in [0.2, 0.25) is 0 Å². The molecule has 7 nitrogen and oxygen atoms in total. The van der Waals surface area contributed by atoms with E-state index in [1.54, 1.807) is 24.3 Å². The molecule has 0 radical (unpaired) electrons. The molecule has 2 N–H and O–H groups in total. The lowest BCUT2D eigenvalue weighted by Gasteiger charge is -2.12. The molecule has 0 aliphatic rings. The molecule has 0 fully saturated rings. The van der Waals surface area contributed by atoms with Crippen molar-refractivity contribution in [2.24, 2.45) is 5.73 Å². The first-order valence-corrected chi connectivity index (χ1v) is 6.00. The van der Waals surface area contributed by atoms with Gasteiger partial charge < -0.3 is 9.47 Å². The first-order valence-electron chi connectivity index (χ1n) is 6.00. The molecular weight excluding hydrogens is 276 g/mol. The van der Waals surface area contributed by atoms with E-state index in [-0.39, 0.29) is 11.4 Å². The van der Waals surface area contributed by atoms with Gasteiger partial charge in [0.05, 0.1) is 4.92 Å². The first kappa shape index (κ1) is 14.5. The van der Waals surface area contributed by atoms with Crippen LogP contribution in [0.2, 0.25) is 0 Å². The zero-order chi connectivity index (χ0) is 15.2. The average Bonchev–Trinajstić information content (AvgIpc) is 2.48. The van der Waals surface area contributed by atoms with Crippen molar-refractivity contribution < 1.29 is 19.2 Å². The van der Waals surface area contributed by atoms with Crippen molar-refractivity contribution in [3.05, 3.63) is 70.3 Å². The van der Waals surface area contributed by atoms with E-state index in [2.05, 4.69) is 0 Å². The van der Waals surface area contributed by atoms with Crippen LogP contribution in [-0.2, 0) is 4.74 Å². The quantitative estimate of drug-likeness (QED) is 0.305. The molecule has 0 bridgehead atoms. The van der Waals surface area contributed by atoms with E-state index in [1.165, 1.54) is 24.3 Å². The van der Waals surface area contributed by atoms with Crippen LogP contribution in [0.15, 0.2) is 54.6 Å². The van der Waals surface area contributed by atoms with Crippen LogP contribution in [0.3, 0.4) is 0 Å². The lowest BCUT2D eigenvalue weighted by Crippen LogP contribution is -2.21. The lowest BCUT2D eigenvalue weighted by molar-refractivity contribution is -0.384. The molecule has 0 saturated carbocycles. The zero-order valence-corrected chi connectivity index (χ0v) is 10.8. The Kier molecular flexibility index (Phi) is 4.47. The Morgan fingerprint density at radius 2 is 1.71 bits per heavy atom. The summed E-state index contributed by atoms with van der Waals surface area (Å²) < 4.78 is 9.78. The Morgan fingerprint density at radius 1 is 1.10 bits per heavy atom. The van der Waals surface area contributed by atoms with Crippen LogP contribution in [0.5, 0.6) is 5.75 Å². The van der Waals surface area contributed by atoms with Crippen LogP contribution in [0.1, 0.15) is 11.8 Å². The number of nitro benzene ring substituents is 1. The van der Waals surface area contributed by atoms with Crippen molar-refractivity contribution in [3.8, 4) is 5.75 Å². The molecule has 1 atom stereocenters. The van der Waals surface area contributed by atoms with E-state index in [1.807, 2.05) is 6.07 Å². The summed E-state index contributed by atoms with van der Waals surface area (Å²) in [5.41, 5.74) is 6.22. The van der Waals surface area contributed by atoms with Crippen LogP contribution < -0.4 is 10.5 Å². The molecule has 1 unspecified atom stereocenters. The number of hydrogen-bond donors (Lipinski definition) is 1. The molecule has 2 rings (SSSR count). The highest BCUT2D eigenvalue weighted by atomic mass is 16.7. The van der Waals surface area contributed by atoms with Crippen LogP contribution >= 0.6 is 0 Å². The van der Waals surface area contributed by atoms with Crippen molar-refractivity contribution >= 4 is 11.8 Å². The van der Waals surface area contributed by atoms with Crippen molar-refractivity contribution in [2.75, 3.05) is 0 Å². The fourth-order valence-electron chi connectivity index (χ4n) is 1.57. The molecule has 0 spiro atoms. The minimum atomic E-state index is -0.986. The number of ether oxygens (including phenoxy) is 2. The molecule has 0 amide bonds. The highest BCUT2D eigenvalue weighted by molar-refractivity contribution is 5.64. The largest absolute Gasteiger partial charge is 0.515 e. The average molecular weight is 288 g/mol. The van der Waals surface area contributed by atoms with Crippen LogP contribution in [0.4, 0.5) is 10.5 Å². The van der Waals surface area contributed by atoms with Gasteiger partial charge in [0.15, 0.2) is 6.23 Å². The second kappa shape index (κ2) is 6.49. The summed E-state index contributed by atoms with van der Waals surface area (Å²) in [6.07, 6.45) is -1.93. The van der Waals surface area contributed by atoms with Gasteiger partial charge in [-0.25, -0.2) is 4.79 Å². The molecule has 2 aromatic rings. The van der Waals surface area contributed by atoms with Crippen LogP contribution in [0, 0.1) is 10.1 Å². The second-order valence-electron chi connectivity index (χ2n) is 4.05. The van der Waals surface area contributed by atoms with Crippen LogP contribution in [0.25, 0.3) is 0 Å². The van der Waals surface area contributed by atoms with Gasteiger partial charge in [0, 0.05) is 17.7 Å². The predicted octanol–water partition coefficient (Wildman–Crippen LogP) is 2.77.